The molecule has 0 fully saturated rings. The minimum absolute atomic E-state index is 0.0586. The number of carboxylic acids is 1. The molecular formula is C13H26N2O3. The van der Waals surface area contributed by atoms with Gasteiger partial charge in [-0.25, -0.2) is 4.79 Å². The first-order chi connectivity index (χ1) is 8.52. The van der Waals surface area contributed by atoms with E-state index in [-0.39, 0.29) is 18.6 Å². The highest BCUT2D eigenvalue weighted by Gasteiger charge is 2.20. The number of carboxylic acid groups (broad SMARTS) is 1. The highest BCUT2D eigenvalue weighted by atomic mass is 16.4. The molecule has 0 saturated carbocycles. The van der Waals surface area contributed by atoms with Gasteiger partial charge in [0.15, 0.2) is 0 Å². The number of carbonyl (C=O) groups is 2. The number of hydrogen-bond acceptors (Lipinski definition) is 2. The number of aliphatic carboxylic acids is 1. The lowest BCUT2D eigenvalue weighted by molar-refractivity contribution is -0.138. The van der Waals surface area contributed by atoms with Gasteiger partial charge in [-0.05, 0) is 19.8 Å². The van der Waals surface area contributed by atoms with Crippen molar-refractivity contribution in [2.24, 2.45) is 0 Å². The van der Waals surface area contributed by atoms with E-state index in [1.54, 1.807) is 0 Å². The van der Waals surface area contributed by atoms with Crippen molar-refractivity contribution in [1.82, 2.24) is 10.2 Å². The maximum absolute atomic E-state index is 11.9. The molecule has 2 amide bonds. The average molecular weight is 258 g/mol. The van der Waals surface area contributed by atoms with Crippen LogP contribution in [0.5, 0.6) is 0 Å². The van der Waals surface area contributed by atoms with E-state index in [9.17, 15) is 9.59 Å². The molecule has 0 aliphatic rings. The number of rotatable bonds is 9. The summed E-state index contributed by atoms with van der Waals surface area (Å²) in [6.45, 7) is 6.31. The standard InChI is InChI=1S/C13H26N2O3/c1-4-6-7-8-9-14-13(18)15(10-12(16)17)11(3)5-2/h11H,4-10H2,1-3H3,(H,14,18)(H,16,17). The van der Waals surface area contributed by atoms with Gasteiger partial charge in [0.25, 0.3) is 0 Å². The average Bonchev–Trinajstić information content (AvgIpc) is 2.34. The van der Waals surface area contributed by atoms with Gasteiger partial charge in [0.1, 0.15) is 6.54 Å². The van der Waals surface area contributed by atoms with Crippen molar-refractivity contribution in [3.05, 3.63) is 0 Å². The molecule has 1 atom stereocenters. The molecule has 0 radical (unpaired) electrons. The third-order valence-corrected chi connectivity index (χ3v) is 3.00. The Morgan fingerprint density at radius 1 is 1.22 bits per heavy atom. The van der Waals surface area contributed by atoms with E-state index in [1.165, 1.54) is 11.3 Å². The van der Waals surface area contributed by atoms with Crippen molar-refractivity contribution in [2.45, 2.75) is 58.9 Å². The monoisotopic (exact) mass is 258 g/mol. The zero-order chi connectivity index (χ0) is 14.0. The number of nitrogens with zero attached hydrogens (tertiary/aromatic N) is 1. The molecule has 5 heteroatoms. The Morgan fingerprint density at radius 2 is 1.89 bits per heavy atom. The number of urea groups is 1. The zero-order valence-corrected chi connectivity index (χ0v) is 11.7. The van der Waals surface area contributed by atoms with Crippen molar-refractivity contribution < 1.29 is 14.7 Å². The van der Waals surface area contributed by atoms with Gasteiger partial charge in [-0.15, -0.1) is 0 Å². The molecule has 0 heterocycles. The van der Waals surface area contributed by atoms with Crippen LogP contribution in [0.15, 0.2) is 0 Å². The molecule has 0 aromatic carbocycles. The largest absolute Gasteiger partial charge is 0.480 e. The first-order valence-electron chi connectivity index (χ1n) is 6.79. The molecule has 2 N–H and O–H groups in total. The van der Waals surface area contributed by atoms with E-state index < -0.39 is 5.97 Å². The number of hydrogen-bond donors (Lipinski definition) is 2. The quantitative estimate of drug-likeness (QED) is 0.624. The first kappa shape index (κ1) is 16.7. The van der Waals surface area contributed by atoms with Crippen molar-refractivity contribution >= 4 is 12.0 Å². The van der Waals surface area contributed by atoms with Gasteiger partial charge in [0, 0.05) is 12.6 Å². The minimum atomic E-state index is -0.976. The third kappa shape index (κ3) is 7.14. The van der Waals surface area contributed by atoms with E-state index in [4.69, 9.17) is 5.11 Å². The molecule has 0 spiro atoms. The van der Waals surface area contributed by atoms with Crippen LogP contribution in [0.1, 0.15) is 52.9 Å². The normalized spacial score (nSPS) is 11.9. The second kappa shape index (κ2) is 9.74. The molecule has 0 aromatic rings. The fourth-order valence-electron chi connectivity index (χ4n) is 1.64. The summed E-state index contributed by atoms with van der Waals surface area (Å²) < 4.78 is 0. The Kier molecular flexibility index (Phi) is 9.06. The molecule has 0 rings (SSSR count). The maximum atomic E-state index is 11.9. The smallest absolute Gasteiger partial charge is 0.323 e. The predicted molar refractivity (Wildman–Crippen MR) is 71.6 cm³/mol. The fourth-order valence-corrected chi connectivity index (χ4v) is 1.64. The predicted octanol–water partition coefficient (Wildman–Crippen LogP) is 2.46. The first-order valence-corrected chi connectivity index (χ1v) is 6.79. The van der Waals surface area contributed by atoms with E-state index in [2.05, 4.69) is 12.2 Å². The van der Waals surface area contributed by atoms with Crippen LogP contribution in [0, 0.1) is 0 Å². The second-order valence-electron chi connectivity index (χ2n) is 4.57. The Hall–Kier alpha value is -1.26. The number of unbranched alkanes of at least 4 members (excludes halogenated alkanes) is 3. The van der Waals surface area contributed by atoms with Crippen molar-refractivity contribution in [2.75, 3.05) is 13.1 Å². The van der Waals surface area contributed by atoms with E-state index in [0.717, 1.165) is 25.7 Å². The molecule has 0 aliphatic heterocycles. The number of carbonyl (C=O) groups excluding carboxylic acids is 1. The summed E-state index contributed by atoms with van der Waals surface area (Å²) in [4.78, 5) is 24.0. The van der Waals surface area contributed by atoms with Gasteiger partial charge < -0.3 is 15.3 Å². The summed E-state index contributed by atoms with van der Waals surface area (Å²) >= 11 is 0. The molecular weight excluding hydrogens is 232 g/mol. The molecule has 0 aromatic heterocycles. The van der Waals surface area contributed by atoms with Crippen LogP contribution in [-0.4, -0.2) is 41.1 Å². The van der Waals surface area contributed by atoms with Crippen LogP contribution in [-0.2, 0) is 4.79 Å². The SMILES string of the molecule is CCCCCCNC(=O)N(CC(=O)O)C(C)CC. The molecule has 106 valence electrons. The van der Waals surface area contributed by atoms with Gasteiger partial charge in [-0.3, -0.25) is 4.79 Å². The number of amides is 2. The summed E-state index contributed by atoms with van der Waals surface area (Å²) in [6, 6.07) is -0.333. The lowest BCUT2D eigenvalue weighted by Crippen LogP contribution is -2.47. The second-order valence-corrected chi connectivity index (χ2v) is 4.57. The van der Waals surface area contributed by atoms with Gasteiger partial charge in [-0.2, -0.15) is 0 Å². The summed E-state index contributed by atoms with van der Waals surface area (Å²) in [5.74, 6) is -0.976. The lowest BCUT2D eigenvalue weighted by Gasteiger charge is -2.27. The molecule has 1 unspecified atom stereocenters. The van der Waals surface area contributed by atoms with E-state index in [0.29, 0.717) is 6.54 Å². The topological polar surface area (TPSA) is 69.6 Å². The Morgan fingerprint density at radius 3 is 2.39 bits per heavy atom. The number of nitrogens with one attached hydrogen (secondary N) is 1. The van der Waals surface area contributed by atoms with Crippen molar-refractivity contribution in [3.8, 4) is 0 Å². The third-order valence-electron chi connectivity index (χ3n) is 3.00. The summed E-state index contributed by atoms with van der Waals surface area (Å²) in [5, 5.41) is 11.6. The molecule has 18 heavy (non-hydrogen) atoms. The van der Waals surface area contributed by atoms with E-state index in [1.807, 2.05) is 13.8 Å². The summed E-state index contributed by atoms with van der Waals surface area (Å²) in [6.07, 6.45) is 5.11. The van der Waals surface area contributed by atoms with Crippen LogP contribution in [0.2, 0.25) is 0 Å². The Labute approximate surface area is 110 Å². The maximum Gasteiger partial charge on any atom is 0.323 e. The summed E-state index contributed by atoms with van der Waals surface area (Å²) in [7, 11) is 0. The van der Waals surface area contributed by atoms with Crippen LogP contribution in [0.25, 0.3) is 0 Å². The van der Waals surface area contributed by atoms with Crippen LogP contribution in [0.3, 0.4) is 0 Å². The fraction of sp³-hybridized carbons (Fsp3) is 0.846. The highest BCUT2D eigenvalue weighted by molar-refractivity contribution is 5.80. The minimum Gasteiger partial charge on any atom is -0.480 e. The zero-order valence-electron chi connectivity index (χ0n) is 11.7. The van der Waals surface area contributed by atoms with Crippen molar-refractivity contribution in [1.29, 1.82) is 0 Å². The Balaban J connectivity index is 4.09. The van der Waals surface area contributed by atoms with Gasteiger partial charge in [0.2, 0.25) is 0 Å². The highest BCUT2D eigenvalue weighted by Crippen LogP contribution is 2.04. The van der Waals surface area contributed by atoms with E-state index >= 15 is 0 Å². The lowest BCUT2D eigenvalue weighted by atomic mass is 10.2. The molecule has 0 bridgehead atoms. The molecule has 0 saturated heterocycles. The van der Waals surface area contributed by atoms with Crippen LogP contribution < -0.4 is 5.32 Å². The molecule has 5 nitrogen and oxygen atoms in total. The van der Waals surface area contributed by atoms with Crippen LogP contribution >= 0.6 is 0 Å². The van der Waals surface area contributed by atoms with Crippen molar-refractivity contribution in [3.63, 3.8) is 0 Å². The summed E-state index contributed by atoms with van der Waals surface area (Å²) in [5.41, 5.74) is 0. The Bertz CT molecular complexity index is 257. The molecule has 0 aliphatic carbocycles. The van der Waals surface area contributed by atoms with Crippen LogP contribution in [0.4, 0.5) is 4.79 Å². The van der Waals surface area contributed by atoms with Gasteiger partial charge in [-0.1, -0.05) is 33.1 Å². The van der Waals surface area contributed by atoms with Gasteiger partial charge >= 0.3 is 12.0 Å². The van der Waals surface area contributed by atoms with Gasteiger partial charge in [0.05, 0.1) is 0 Å².